The number of H-pyrrole nitrogens is 1. The quantitative estimate of drug-likeness (QED) is 0.642. The SMILES string of the molecule is O=C(Nc1cccc(-c2ccc(=O)[nH]n2)c1)C1CC2CCCCC2N1C(=O)c1ccccc1. The summed E-state index contributed by atoms with van der Waals surface area (Å²) in [7, 11) is 0. The maximum atomic E-state index is 13.4. The van der Waals surface area contributed by atoms with E-state index in [1.165, 1.54) is 6.07 Å². The summed E-state index contributed by atoms with van der Waals surface area (Å²) in [6.07, 6.45) is 4.93. The number of amides is 2. The van der Waals surface area contributed by atoms with Crippen LogP contribution in [0.15, 0.2) is 71.5 Å². The van der Waals surface area contributed by atoms with Crippen molar-refractivity contribution in [3.63, 3.8) is 0 Å². The number of aromatic amines is 1. The first-order valence-corrected chi connectivity index (χ1v) is 11.4. The van der Waals surface area contributed by atoms with Crippen LogP contribution >= 0.6 is 0 Å². The molecule has 2 amide bonds. The normalized spacial score (nSPS) is 21.9. The van der Waals surface area contributed by atoms with Gasteiger partial charge in [-0.15, -0.1) is 0 Å². The number of likely N-dealkylation sites (tertiary alicyclic amines) is 1. The molecule has 2 aromatic carbocycles. The molecule has 1 aliphatic heterocycles. The van der Waals surface area contributed by atoms with Crippen LogP contribution in [0.2, 0.25) is 0 Å². The Morgan fingerprint density at radius 3 is 2.58 bits per heavy atom. The third-order valence-electron chi connectivity index (χ3n) is 6.75. The fraction of sp³-hybridized carbons (Fsp3) is 0.308. The van der Waals surface area contributed by atoms with Crippen LogP contribution in [-0.4, -0.2) is 39.0 Å². The van der Waals surface area contributed by atoms with Gasteiger partial charge in [-0.1, -0.05) is 43.2 Å². The number of nitrogens with zero attached hydrogens (tertiary/aromatic N) is 2. The monoisotopic (exact) mass is 442 g/mol. The zero-order chi connectivity index (χ0) is 22.8. The number of hydrogen-bond donors (Lipinski definition) is 2. The Morgan fingerprint density at radius 1 is 0.970 bits per heavy atom. The lowest BCUT2D eigenvalue weighted by molar-refractivity contribution is -0.120. The Kier molecular flexibility index (Phi) is 5.77. The van der Waals surface area contributed by atoms with Crippen LogP contribution in [0.1, 0.15) is 42.5 Å². The lowest BCUT2D eigenvalue weighted by Gasteiger charge is -2.33. The molecule has 0 bridgehead atoms. The summed E-state index contributed by atoms with van der Waals surface area (Å²) < 4.78 is 0. The summed E-state index contributed by atoms with van der Waals surface area (Å²) in [6.45, 7) is 0. The molecule has 3 aromatic rings. The Labute approximate surface area is 191 Å². The zero-order valence-corrected chi connectivity index (χ0v) is 18.2. The molecule has 2 fully saturated rings. The van der Waals surface area contributed by atoms with E-state index in [9.17, 15) is 14.4 Å². The average molecular weight is 443 g/mol. The minimum absolute atomic E-state index is 0.0728. The van der Waals surface area contributed by atoms with Crippen molar-refractivity contribution in [2.24, 2.45) is 5.92 Å². The fourth-order valence-corrected chi connectivity index (χ4v) is 5.20. The van der Waals surface area contributed by atoms with Crippen LogP contribution < -0.4 is 10.9 Å². The number of rotatable bonds is 4. The molecular weight excluding hydrogens is 416 g/mol. The minimum atomic E-state index is -0.499. The molecule has 1 saturated carbocycles. The van der Waals surface area contributed by atoms with Crippen molar-refractivity contribution in [1.82, 2.24) is 15.1 Å². The van der Waals surface area contributed by atoms with E-state index < -0.39 is 6.04 Å². The third kappa shape index (κ3) is 4.31. The van der Waals surface area contributed by atoms with Crippen LogP contribution in [0.4, 0.5) is 5.69 Å². The zero-order valence-electron chi connectivity index (χ0n) is 18.2. The van der Waals surface area contributed by atoms with E-state index >= 15 is 0 Å². The molecule has 0 spiro atoms. The number of carbonyl (C=O) groups is 2. The lowest BCUT2D eigenvalue weighted by atomic mass is 9.84. The summed E-state index contributed by atoms with van der Waals surface area (Å²) in [5.74, 6) is 0.121. The highest BCUT2D eigenvalue weighted by molar-refractivity contribution is 6.02. The standard InChI is InChI=1S/C26H26N4O3/c31-24-14-13-21(28-29-24)18-10-6-11-20(15-18)27-25(32)23-16-19-9-4-5-12-22(19)30(23)26(33)17-7-2-1-3-8-17/h1-3,6-8,10-11,13-15,19,22-23H,4-5,9,12,16H2,(H,27,32)(H,29,31). The number of anilines is 1. The molecule has 0 radical (unpaired) electrons. The van der Waals surface area contributed by atoms with Gasteiger partial charge >= 0.3 is 0 Å². The predicted octanol–water partition coefficient (Wildman–Crippen LogP) is 3.85. The van der Waals surface area contributed by atoms with Crippen LogP contribution in [0.25, 0.3) is 11.3 Å². The third-order valence-corrected chi connectivity index (χ3v) is 6.75. The first-order chi connectivity index (χ1) is 16.1. The first kappa shape index (κ1) is 21.1. The van der Waals surface area contributed by atoms with E-state index in [0.29, 0.717) is 29.3 Å². The summed E-state index contributed by atoms with van der Waals surface area (Å²) in [6, 6.07) is 19.2. The van der Waals surface area contributed by atoms with Gasteiger partial charge in [0.2, 0.25) is 5.91 Å². The maximum absolute atomic E-state index is 13.4. The lowest BCUT2D eigenvalue weighted by Crippen LogP contribution is -2.47. The minimum Gasteiger partial charge on any atom is -0.324 e. The largest absolute Gasteiger partial charge is 0.324 e. The van der Waals surface area contributed by atoms with E-state index in [2.05, 4.69) is 15.5 Å². The van der Waals surface area contributed by atoms with Gasteiger partial charge < -0.3 is 10.2 Å². The Morgan fingerprint density at radius 2 is 1.79 bits per heavy atom. The van der Waals surface area contributed by atoms with Gasteiger partial charge in [0.1, 0.15) is 6.04 Å². The van der Waals surface area contributed by atoms with Gasteiger partial charge in [0.25, 0.3) is 11.5 Å². The number of benzene rings is 2. The van der Waals surface area contributed by atoms with Crippen molar-refractivity contribution in [3.05, 3.63) is 82.6 Å². The molecule has 1 aromatic heterocycles. The number of carbonyl (C=O) groups excluding carboxylic acids is 2. The second kappa shape index (κ2) is 9.02. The van der Waals surface area contributed by atoms with Crippen molar-refractivity contribution in [1.29, 1.82) is 0 Å². The first-order valence-electron chi connectivity index (χ1n) is 11.4. The summed E-state index contributed by atoms with van der Waals surface area (Å²) in [5.41, 5.74) is 2.37. The molecule has 2 aliphatic rings. The molecule has 5 rings (SSSR count). The van der Waals surface area contributed by atoms with E-state index in [1.807, 2.05) is 59.5 Å². The molecule has 7 heteroatoms. The van der Waals surface area contributed by atoms with E-state index in [1.54, 1.807) is 6.07 Å². The van der Waals surface area contributed by atoms with Crippen LogP contribution in [0.3, 0.4) is 0 Å². The average Bonchev–Trinajstić information content (AvgIpc) is 3.24. The highest BCUT2D eigenvalue weighted by Crippen LogP contribution is 2.41. The van der Waals surface area contributed by atoms with Crippen molar-refractivity contribution in [2.45, 2.75) is 44.2 Å². The maximum Gasteiger partial charge on any atom is 0.264 e. The van der Waals surface area contributed by atoms with Gasteiger partial charge in [0.05, 0.1) is 5.69 Å². The summed E-state index contributed by atoms with van der Waals surface area (Å²) in [4.78, 5) is 40.0. The number of fused-ring (bicyclic) bond motifs is 1. The molecule has 33 heavy (non-hydrogen) atoms. The fourth-order valence-electron chi connectivity index (χ4n) is 5.20. The highest BCUT2D eigenvalue weighted by Gasteiger charge is 2.47. The molecular formula is C26H26N4O3. The number of hydrogen-bond acceptors (Lipinski definition) is 4. The summed E-state index contributed by atoms with van der Waals surface area (Å²) >= 11 is 0. The molecule has 1 aliphatic carbocycles. The van der Waals surface area contributed by atoms with Gasteiger partial charge in [0, 0.05) is 28.9 Å². The van der Waals surface area contributed by atoms with Gasteiger partial charge in [0.15, 0.2) is 0 Å². The van der Waals surface area contributed by atoms with Crippen molar-refractivity contribution in [3.8, 4) is 11.3 Å². The smallest absolute Gasteiger partial charge is 0.264 e. The van der Waals surface area contributed by atoms with Gasteiger partial charge in [-0.2, -0.15) is 5.10 Å². The van der Waals surface area contributed by atoms with E-state index in [-0.39, 0.29) is 23.4 Å². The van der Waals surface area contributed by atoms with Gasteiger partial charge in [-0.05, 0) is 55.5 Å². The van der Waals surface area contributed by atoms with Crippen molar-refractivity contribution < 1.29 is 9.59 Å². The molecule has 2 heterocycles. The number of nitrogens with one attached hydrogen (secondary N) is 2. The molecule has 2 N–H and O–H groups in total. The van der Waals surface area contributed by atoms with Gasteiger partial charge in [-0.3, -0.25) is 14.4 Å². The molecule has 1 saturated heterocycles. The van der Waals surface area contributed by atoms with Crippen LogP contribution in [-0.2, 0) is 4.79 Å². The summed E-state index contributed by atoms with van der Waals surface area (Å²) in [5, 5.41) is 9.51. The Hall–Kier alpha value is -3.74. The topological polar surface area (TPSA) is 95.2 Å². The second-order valence-corrected chi connectivity index (χ2v) is 8.82. The Balaban J connectivity index is 1.39. The molecule has 3 atom stereocenters. The van der Waals surface area contributed by atoms with E-state index in [0.717, 1.165) is 31.2 Å². The number of aromatic nitrogens is 2. The second-order valence-electron chi connectivity index (χ2n) is 8.82. The molecule has 3 unspecified atom stereocenters. The predicted molar refractivity (Wildman–Crippen MR) is 126 cm³/mol. The Bertz CT molecular complexity index is 1200. The van der Waals surface area contributed by atoms with E-state index in [4.69, 9.17) is 0 Å². The van der Waals surface area contributed by atoms with Gasteiger partial charge in [-0.25, -0.2) is 5.10 Å². The highest BCUT2D eigenvalue weighted by atomic mass is 16.2. The molecule has 168 valence electrons. The molecule has 7 nitrogen and oxygen atoms in total. The van der Waals surface area contributed by atoms with Crippen molar-refractivity contribution in [2.75, 3.05) is 5.32 Å². The van der Waals surface area contributed by atoms with Crippen LogP contribution in [0.5, 0.6) is 0 Å². The van der Waals surface area contributed by atoms with Crippen molar-refractivity contribution >= 4 is 17.5 Å². The van der Waals surface area contributed by atoms with Crippen LogP contribution in [0, 0.1) is 5.92 Å².